The maximum Gasteiger partial charge on any atom is 0.326 e. The number of aliphatic carboxylic acids is 1. The largest absolute Gasteiger partial charge is 0.480 e. The second kappa shape index (κ2) is 6.76. The van der Waals surface area contributed by atoms with E-state index in [4.69, 9.17) is 10.8 Å². The number of carboxylic acids is 1. The van der Waals surface area contributed by atoms with Crippen LogP contribution in [0.15, 0.2) is 24.3 Å². The van der Waals surface area contributed by atoms with Crippen molar-refractivity contribution >= 4 is 11.9 Å². The first-order valence-corrected chi connectivity index (χ1v) is 5.91. The van der Waals surface area contributed by atoms with E-state index in [2.05, 4.69) is 5.32 Å². The number of benzene rings is 1. The van der Waals surface area contributed by atoms with E-state index in [0.29, 0.717) is 24.9 Å². The predicted octanol–water partition coefficient (Wildman–Crippen LogP) is 0.781. The fourth-order valence-corrected chi connectivity index (χ4v) is 1.69. The summed E-state index contributed by atoms with van der Waals surface area (Å²) in [6, 6.07) is 6.22. The molecule has 0 fully saturated rings. The molecule has 0 saturated heterocycles. The fraction of sp³-hybridized carbons (Fsp3) is 0.385. The van der Waals surface area contributed by atoms with Crippen LogP contribution >= 0.6 is 0 Å². The lowest BCUT2D eigenvalue weighted by Gasteiger charge is -2.14. The number of carbonyl (C=O) groups excluding carboxylic acids is 1. The van der Waals surface area contributed by atoms with Gasteiger partial charge in [-0.05, 0) is 31.0 Å². The normalized spacial score (nSPS) is 11.9. The first-order valence-electron chi connectivity index (χ1n) is 5.91. The molecule has 18 heavy (non-hydrogen) atoms. The van der Waals surface area contributed by atoms with Gasteiger partial charge in [0.05, 0.1) is 0 Å². The molecule has 0 radical (unpaired) electrons. The molecule has 0 aliphatic heterocycles. The van der Waals surface area contributed by atoms with Crippen molar-refractivity contribution in [2.45, 2.75) is 25.8 Å². The Hall–Kier alpha value is -1.88. The predicted molar refractivity (Wildman–Crippen MR) is 68.4 cm³/mol. The topological polar surface area (TPSA) is 92.4 Å². The molecular formula is C13H18N2O3. The van der Waals surface area contributed by atoms with Crippen LogP contribution in [0.1, 0.15) is 29.3 Å². The first-order chi connectivity index (χ1) is 8.60. The van der Waals surface area contributed by atoms with Crippen LogP contribution in [0.4, 0.5) is 0 Å². The molecule has 4 N–H and O–H groups in total. The van der Waals surface area contributed by atoms with E-state index in [0.717, 1.165) is 5.56 Å². The van der Waals surface area contributed by atoms with E-state index in [1.54, 1.807) is 19.1 Å². The van der Waals surface area contributed by atoms with Crippen LogP contribution < -0.4 is 11.1 Å². The first kappa shape index (κ1) is 14.2. The number of amides is 1. The Morgan fingerprint density at radius 3 is 2.61 bits per heavy atom. The molecule has 0 aliphatic rings. The van der Waals surface area contributed by atoms with Gasteiger partial charge in [0.1, 0.15) is 6.04 Å². The summed E-state index contributed by atoms with van der Waals surface area (Å²) < 4.78 is 0. The zero-order valence-corrected chi connectivity index (χ0v) is 10.3. The molecule has 1 aromatic rings. The average Bonchev–Trinajstić information content (AvgIpc) is 2.36. The van der Waals surface area contributed by atoms with Crippen LogP contribution in [-0.4, -0.2) is 29.6 Å². The average molecular weight is 250 g/mol. The van der Waals surface area contributed by atoms with E-state index in [9.17, 15) is 9.59 Å². The Morgan fingerprint density at radius 2 is 2.06 bits per heavy atom. The SMILES string of the molecule is CC[C@@H](NC(=O)c1ccccc1CCN)C(=O)O. The van der Waals surface area contributed by atoms with Gasteiger partial charge < -0.3 is 16.2 Å². The molecule has 5 nitrogen and oxygen atoms in total. The highest BCUT2D eigenvalue weighted by atomic mass is 16.4. The second-order valence-electron chi connectivity index (χ2n) is 3.97. The van der Waals surface area contributed by atoms with Crippen LogP contribution in [0.3, 0.4) is 0 Å². The van der Waals surface area contributed by atoms with Gasteiger partial charge in [0.2, 0.25) is 0 Å². The maximum absolute atomic E-state index is 12.0. The van der Waals surface area contributed by atoms with Gasteiger partial charge in [-0.2, -0.15) is 0 Å². The van der Waals surface area contributed by atoms with E-state index in [-0.39, 0.29) is 5.91 Å². The molecule has 0 aromatic heterocycles. The van der Waals surface area contributed by atoms with Gasteiger partial charge in [-0.3, -0.25) is 4.79 Å². The standard InChI is InChI=1S/C13H18N2O3/c1-2-11(13(17)18)15-12(16)10-6-4-3-5-9(10)7-8-14/h3-6,11H,2,7-8,14H2,1H3,(H,15,16)(H,17,18)/t11-/m1/s1. The van der Waals surface area contributed by atoms with Gasteiger partial charge in [0.25, 0.3) is 5.91 Å². The van der Waals surface area contributed by atoms with E-state index < -0.39 is 12.0 Å². The zero-order chi connectivity index (χ0) is 13.5. The van der Waals surface area contributed by atoms with Gasteiger partial charge >= 0.3 is 5.97 Å². The van der Waals surface area contributed by atoms with Crippen LogP contribution in [0.25, 0.3) is 0 Å². The number of carbonyl (C=O) groups is 2. The third-order valence-corrected chi connectivity index (χ3v) is 2.69. The minimum atomic E-state index is -1.03. The lowest BCUT2D eigenvalue weighted by molar-refractivity contribution is -0.139. The number of carboxylic acid groups (broad SMARTS) is 1. The van der Waals surface area contributed by atoms with Gasteiger partial charge in [-0.15, -0.1) is 0 Å². The number of nitrogens with one attached hydrogen (secondary N) is 1. The highest BCUT2D eigenvalue weighted by Gasteiger charge is 2.19. The van der Waals surface area contributed by atoms with Crippen LogP contribution in [0.5, 0.6) is 0 Å². The van der Waals surface area contributed by atoms with Crippen molar-refractivity contribution in [1.82, 2.24) is 5.32 Å². The Balaban J connectivity index is 2.86. The van der Waals surface area contributed by atoms with Gasteiger partial charge in [-0.25, -0.2) is 4.79 Å². The molecule has 1 aromatic carbocycles. The zero-order valence-electron chi connectivity index (χ0n) is 10.3. The number of hydrogen-bond donors (Lipinski definition) is 3. The Bertz CT molecular complexity index is 432. The van der Waals surface area contributed by atoms with E-state index in [1.165, 1.54) is 0 Å². The molecule has 1 rings (SSSR count). The maximum atomic E-state index is 12.0. The molecule has 1 amide bonds. The number of rotatable bonds is 6. The Morgan fingerprint density at radius 1 is 1.39 bits per heavy atom. The minimum absolute atomic E-state index is 0.347. The lowest BCUT2D eigenvalue weighted by atomic mass is 10.0. The summed E-state index contributed by atoms with van der Waals surface area (Å²) in [7, 11) is 0. The van der Waals surface area contributed by atoms with Gasteiger partial charge in [0, 0.05) is 5.56 Å². The third-order valence-electron chi connectivity index (χ3n) is 2.69. The summed E-state index contributed by atoms with van der Waals surface area (Å²) >= 11 is 0. The van der Waals surface area contributed by atoms with Crippen molar-refractivity contribution in [3.63, 3.8) is 0 Å². The van der Waals surface area contributed by atoms with Crippen LogP contribution in [0.2, 0.25) is 0 Å². The van der Waals surface area contributed by atoms with E-state index in [1.807, 2.05) is 12.1 Å². The second-order valence-corrected chi connectivity index (χ2v) is 3.97. The molecule has 0 saturated carbocycles. The Labute approximate surface area is 106 Å². The van der Waals surface area contributed by atoms with E-state index >= 15 is 0 Å². The monoisotopic (exact) mass is 250 g/mol. The Kier molecular flexibility index (Phi) is 5.32. The van der Waals surface area contributed by atoms with Crippen LogP contribution in [0, 0.1) is 0 Å². The smallest absolute Gasteiger partial charge is 0.326 e. The van der Waals surface area contributed by atoms with Gasteiger partial charge in [-0.1, -0.05) is 25.1 Å². The molecule has 0 spiro atoms. The summed E-state index contributed by atoms with van der Waals surface area (Å²) in [5.41, 5.74) is 6.80. The van der Waals surface area contributed by atoms with Crippen molar-refractivity contribution in [3.05, 3.63) is 35.4 Å². The van der Waals surface area contributed by atoms with Crippen molar-refractivity contribution < 1.29 is 14.7 Å². The summed E-state index contributed by atoms with van der Waals surface area (Å²) in [5.74, 6) is -1.39. The molecule has 0 unspecified atom stereocenters. The summed E-state index contributed by atoms with van der Waals surface area (Å²) in [5, 5.41) is 11.4. The molecule has 1 atom stereocenters. The van der Waals surface area contributed by atoms with Crippen LogP contribution in [-0.2, 0) is 11.2 Å². The quantitative estimate of drug-likeness (QED) is 0.695. The van der Waals surface area contributed by atoms with Crippen molar-refractivity contribution in [2.75, 3.05) is 6.54 Å². The molecule has 0 aliphatic carbocycles. The molecule has 0 bridgehead atoms. The molecular weight excluding hydrogens is 232 g/mol. The van der Waals surface area contributed by atoms with Gasteiger partial charge in [0.15, 0.2) is 0 Å². The highest BCUT2D eigenvalue weighted by molar-refractivity contribution is 5.97. The number of nitrogens with two attached hydrogens (primary N) is 1. The fourth-order valence-electron chi connectivity index (χ4n) is 1.69. The molecule has 98 valence electrons. The van der Waals surface area contributed by atoms with Crippen molar-refractivity contribution in [2.24, 2.45) is 5.73 Å². The highest BCUT2D eigenvalue weighted by Crippen LogP contribution is 2.09. The summed E-state index contributed by atoms with van der Waals surface area (Å²) in [4.78, 5) is 22.9. The molecule has 5 heteroatoms. The lowest BCUT2D eigenvalue weighted by Crippen LogP contribution is -2.40. The minimum Gasteiger partial charge on any atom is -0.480 e. The van der Waals surface area contributed by atoms with Crippen molar-refractivity contribution in [1.29, 1.82) is 0 Å². The number of hydrogen-bond acceptors (Lipinski definition) is 3. The summed E-state index contributed by atoms with van der Waals surface area (Å²) in [6.07, 6.45) is 0.938. The third kappa shape index (κ3) is 3.56. The summed E-state index contributed by atoms with van der Waals surface area (Å²) in [6.45, 7) is 2.16. The van der Waals surface area contributed by atoms with Crippen molar-refractivity contribution in [3.8, 4) is 0 Å². The molecule has 0 heterocycles.